The van der Waals surface area contributed by atoms with Crippen LogP contribution < -0.4 is 5.32 Å². The molecule has 18 heavy (non-hydrogen) atoms. The third kappa shape index (κ3) is 3.50. The fourth-order valence-corrected chi connectivity index (χ4v) is 2.27. The molecule has 0 aliphatic carbocycles. The van der Waals surface area contributed by atoms with Gasteiger partial charge in [-0.05, 0) is 42.3 Å². The molecule has 0 atom stereocenters. The zero-order valence-corrected chi connectivity index (χ0v) is 10.3. The van der Waals surface area contributed by atoms with E-state index in [0.717, 1.165) is 31.6 Å². The Balaban J connectivity index is 1.81. The minimum absolute atomic E-state index is 0.266. The maximum Gasteiger partial charge on any atom is 0.108 e. The molecule has 1 aromatic rings. The molecule has 1 saturated heterocycles. The summed E-state index contributed by atoms with van der Waals surface area (Å²) in [5, 5.41) is 6.30. The minimum Gasteiger partial charge on any atom is -0.382 e. The average molecular weight is 251 g/mol. The lowest BCUT2D eigenvalue weighted by molar-refractivity contribution is 0.203. The highest BCUT2D eigenvalue weighted by Crippen LogP contribution is 2.19. The lowest BCUT2D eigenvalue weighted by Gasteiger charge is -2.32. The van der Waals surface area contributed by atoms with Gasteiger partial charge in [-0.1, -0.05) is 0 Å². The van der Waals surface area contributed by atoms with E-state index in [4.69, 9.17) is 0 Å². The maximum atomic E-state index is 12.2. The molecule has 1 aromatic carbocycles. The molecule has 0 unspecified atom stereocenters. The van der Waals surface area contributed by atoms with E-state index in [-0.39, 0.29) is 6.67 Å². The highest BCUT2D eigenvalue weighted by molar-refractivity contribution is 5.51. The van der Waals surface area contributed by atoms with Crippen LogP contribution in [-0.2, 0) is 0 Å². The Morgan fingerprint density at radius 2 is 1.94 bits per heavy atom. The molecule has 0 spiro atoms. The predicted octanol–water partition coefficient (Wildman–Crippen LogP) is 2.93. The first-order valence-corrected chi connectivity index (χ1v) is 6.30. The number of anilines is 1. The molecular formula is C13H18FN3O. The van der Waals surface area contributed by atoms with Gasteiger partial charge in [0.1, 0.15) is 12.4 Å². The van der Waals surface area contributed by atoms with Crippen molar-refractivity contribution in [3.8, 4) is 0 Å². The highest BCUT2D eigenvalue weighted by Gasteiger charge is 2.18. The zero-order valence-electron chi connectivity index (χ0n) is 10.3. The normalized spacial score (nSPS) is 17.6. The monoisotopic (exact) mass is 251 g/mol. The summed E-state index contributed by atoms with van der Waals surface area (Å²) in [4.78, 5) is 12.4. The van der Waals surface area contributed by atoms with Crippen LogP contribution in [0.4, 0.5) is 15.8 Å². The van der Waals surface area contributed by atoms with Crippen molar-refractivity contribution < 1.29 is 4.39 Å². The first-order chi connectivity index (χ1) is 8.81. The number of hydrogen-bond donors (Lipinski definition) is 1. The first-order valence-electron chi connectivity index (χ1n) is 6.30. The average Bonchev–Trinajstić information content (AvgIpc) is 2.42. The summed E-state index contributed by atoms with van der Waals surface area (Å²) in [6.45, 7) is 2.16. The summed E-state index contributed by atoms with van der Waals surface area (Å²) in [6, 6.07) is 7.56. The van der Waals surface area contributed by atoms with Gasteiger partial charge < -0.3 is 10.2 Å². The van der Waals surface area contributed by atoms with Gasteiger partial charge in [-0.2, -0.15) is 0 Å². The number of piperidine rings is 1. The number of alkyl halides is 1. The second-order valence-corrected chi connectivity index (χ2v) is 4.59. The van der Waals surface area contributed by atoms with Crippen LogP contribution in [0.25, 0.3) is 0 Å². The number of halogens is 1. The summed E-state index contributed by atoms with van der Waals surface area (Å²) in [5.41, 5.74) is 1.45. The standard InChI is InChI=1S/C13H18FN3O/c14-7-10-17-8-5-12(6-9-17)15-11-1-3-13(16-18)4-2-11/h1-4,12,15H,5-10H2. The van der Waals surface area contributed by atoms with Gasteiger partial charge in [0.05, 0.1) is 0 Å². The number of nitrogens with one attached hydrogen (secondary N) is 1. The minimum atomic E-state index is -0.266. The lowest BCUT2D eigenvalue weighted by Crippen LogP contribution is -2.39. The summed E-state index contributed by atoms with van der Waals surface area (Å²) in [6.07, 6.45) is 2.04. The highest BCUT2D eigenvalue weighted by atomic mass is 19.1. The Bertz CT molecular complexity index is 374. The van der Waals surface area contributed by atoms with E-state index in [9.17, 15) is 9.30 Å². The molecule has 0 amide bonds. The number of rotatable bonds is 5. The summed E-state index contributed by atoms with van der Waals surface area (Å²) >= 11 is 0. The summed E-state index contributed by atoms with van der Waals surface area (Å²) in [5.74, 6) is 0. The quantitative estimate of drug-likeness (QED) is 0.818. The molecular weight excluding hydrogens is 233 g/mol. The molecule has 1 heterocycles. The Hall–Kier alpha value is -1.49. The van der Waals surface area contributed by atoms with Gasteiger partial charge in [-0.25, -0.2) is 4.39 Å². The van der Waals surface area contributed by atoms with E-state index >= 15 is 0 Å². The van der Waals surface area contributed by atoms with Crippen LogP contribution in [-0.4, -0.2) is 37.3 Å². The van der Waals surface area contributed by atoms with E-state index < -0.39 is 0 Å². The maximum absolute atomic E-state index is 12.2. The molecule has 0 radical (unpaired) electrons. The smallest absolute Gasteiger partial charge is 0.108 e. The number of benzene rings is 1. The number of nitroso groups, excluding NO2 is 1. The van der Waals surface area contributed by atoms with Gasteiger partial charge in [-0.15, -0.1) is 4.91 Å². The van der Waals surface area contributed by atoms with E-state index in [0.29, 0.717) is 18.3 Å². The molecule has 1 fully saturated rings. The van der Waals surface area contributed by atoms with Crippen LogP contribution in [0.3, 0.4) is 0 Å². The summed E-state index contributed by atoms with van der Waals surface area (Å²) in [7, 11) is 0. The zero-order chi connectivity index (χ0) is 12.8. The molecule has 1 aliphatic rings. The second-order valence-electron chi connectivity index (χ2n) is 4.59. The molecule has 0 saturated carbocycles. The van der Waals surface area contributed by atoms with Crippen LogP contribution >= 0.6 is 0 Å². The molecule has 0 bridgehead atoms. The lowest BCUT2D eigenvalue weighted by atomic mass is 10.0. The Labute approximate surface area is 106 Å². The van der Waals surface area contributed by atoms with E-state index in [1.54, 1.807) is 12.1 Å². The molecule has 0 aromatic heterocycles. The van der Waals surface area contributed by atoms with Crippen molar-refractivity contribution in [2.24, 2.45) is 5.18 Å². The molecule has 98 valence electrons. The van der Waals surface area contributed by atoms with Crippen molar-refractivity contribution in [3.05, 3.63) is 29.2 Å². The fourth-order valence-electron chi connectivity index (χ4n) is 2.27. The third-order valence-electron chi connectivity index (χ3n) is 3.33. The van der Waals surface area contributed by atoms with Gasteiger partial charge in [0.25, 0.3) is 0 Å². The van der Waals surface area contributed by atoms with Gasteiger partial charge in [0.2, 0.25) is 0 Å². The van der Waals surface area contributed by atoms with Gasteiger partial charge in [0, 0.05) is 31.4 Å². The van der Waals surface area contributed by atoms with Crippen molar-refractivity contribution in [1.29, 1.82) is 0 Å². The SMILES string of the molecule is O=Nc1ccc(NC2CCN(CCF)CC2)cc1. The van der Waals surface area contributed by atoms with Crippen molar-refractivity contribution in [1.82, 2.24) is 4.90 Å². The second kappa shape index (κ2) is 6.44. The van der Waals surface area contributed by atoms with Crippen LogP contribution in [0.5, 0.6) is 0 Å². The molecule has 5 heteroatoms. The van der Waals surface area contributed by atoms with Gasteiger partial charge in [0.15, 0.2) is 0 Å². The Morgan fingerprint density at radius 3 is 2.50 bits per heavy atom. The Morgan fingerprint density at radius 1 is 1.28 bits per heavy atom. The van der Waals surface area contributed by atoms with Crippen LogP contribution in [0.2, 0.25) is 0 Å². The van der Waals surface area contributed by atoms with Crippen molar-refractivity contribution in [2.75, 3.05) is 31.6 Å². The van der Waals surface area contributed by atoms with Crippen LogP contribution in [0.15, 0.2) is 29.4 Å². The van der Waals surface area contributed by atoms with Gasteiger partial charge in [-0.3, -0.25) is 0 Å². The number of nitrogens with zero attached hydrogens (tertiary/aromatic N) is 2. The molecule has 2 rings (SSSR count). The van der Waals surface area contributed by atoms with Crippen molar-refractivity contribution >= 4 is 11.4 Å². The van der Waals surface area contributed by atoms with E-state index in [2.05, 4.69) is 15.4 Å². The molecule has 1 aliphatic heterocycles. The first kappa shape index (κ1) is 13.0. The van der Waals surface area contributed by atoms with Crippen LogP contribution in [0, 0.1) is 4.91 Å². The van der Waals surface area contributed by atoms with Crippen molar-refractivity contribution in [3.63, 3.8) is 0 Å². The Kier molecular flexibility index (Phi) is 4.64. The molecule has 4 nitrogen and oxygen atoms in total. The number of likely N-dealkylation sites (tertiary alicyclic amines) is 1. The largest absolute Gasteiger partial charge is 0.382 e. The van der Waals surface area contributed by atoms with Gasteiger partial charge >= 0.3 is 0 Å². The summed E-state index contributed by atoms with van der Waals surface area (Å²) < 4.78 is 12.2. The number of hydrogen-bond acceptors (Lipinski definition) is 4. The van der Waals surface area contributed by atoms with Crippen LogP contribution in [0.1, 0.15) is 12.8 Å². The van der Waals surface area contributed by atoms with E-state index in [1.807, 2.05) is 12.1 Å². The van der Waals surface area contributed by atoms with E-state index in [1.165, 1.54) is 0 Å². The molecule has 1 N–H and O–H groups in total. The topological polar surface area (TPSA) is 44.7 Å². The predicted molar refractivity (Wildman–Crippen MR) is 71.0 cm³/mol. The van der Waals surface area contributed by atoms with Crippen molar-refractivity contribution in [2.45, 2.75) is 18.9 Å². The third-order valence-corrected chi connectivity index (χ3v) is 3.33. The fraction of sp³-hybridized carbons (Fsp3) is 0.538.